The summed E-state index contributed by atoms with van der Waals surface area (Å²) in [6.07, 6.45) is 5.57. The molecule has 0 aliphatic heterocycles. The van der Waals surface area contributed by atoms with Gasteiger partial charge in [0.15, 0.2) is 0 Å². The summed E-state index contributed by atoms with van der Waals surface area (Å²) in [6.45, 7) is 0.305. The fourth-order valence-corrected chi connectivity index (χ4v) is 3.05. The molecule has 2 aromatic carbocycles. The van der Waals surface area contributed by atoms with Gasteiger partial charge in [0, 0.05) is 24.4 Å². The van der Waals surface area contributed by atoms with Crippen molar-refractivity contribution in [3.8, 4) is 11.8 Å². The maximum Gasteiger partial charge on any atom is 0.335 e. The van der Waals surface area contributed by atoms with Gasteiger partial charge in [-0.1, -0.05) is 24.0 Å². The first kappa shape index (κ1) is 19.1. The molecular formula is C24H17N3O3. The topological polar surface area (TPSA) is 85.1 Å². The van der Waals surface area contributed by atoms with Crippen LogP contribution in [0.2, 0.25) is 0 Å². The molecule has 0 aliphatic rings. The number of aromatic nitrogens is 3. The van der Waals surface area contributed by atoms with Crippen molar-refractivity contribution in [2.24, 2.45) is 0 Å². The van der Waals surface area contributed by atoms with Crippen molar-refractivity contribution in [2.75, 3.05) is 0 Å². The third-order valence-electron chi connectivity index (χ3n) is 4.65. The Bertz CT molecular complexity index is 1330. The van der Waals surface area contributed by atoms with Crippen LogP contribution in [0, 0.1) is 11.8 Å². The number of aromatic carboxylic acids is 1. The van der Waals surface area contributed by atoms with Crippen LogP contribution in [0.4, 0.5) is 0 Å². The fraction of sp³-hybridized carbons (Fsp3) is 0.0833. The first-order chi connectivity index (χ1) is 14.6. The van der Waals surface area contributed by atoms with E-state index in [1.807, 2.05) is 18.2 Å². The summed E-state index contributed by atoms with van der Waals surface area (Å²) < 4.78 is 1.51. The highest BCUT2D eigenvalue weighted by molar-refractivity contribution is 5.87. The van der Waals surface area contributed by atoms with Crippen molar-refractivity contribution >= 4 is 16.9 Å². The van der Waals surface area contributed by atoms with Crippen LogP contribution in [0.5, 0.6) is 0 Å². The van der Waals surface area contributed by atoms with Crippen molar-refractivity contribution < 1.29 is 9.90 Å². The molecule has 0 saturated carbocycles. The first-order valence-corrected chi connectivity index (χ1v) is 9.29. The second-order valence-corrected chi connectivity index (χ2v) is 6.75. The SMILES string of the molecule is O=C(O)c1ccc(Cn2cnc3ccc(C#CCc4ccncc4)cc3c2=O)cc1. The van der Waals surface area contributed by atoms with E-state index in [0.29, 0.717) is 23.9 Å². The third kappa shape index (κ3) is 4.26. The summed E-state index contributed by atoms with van der Waals surface area (Å²) in [6, 6.07) is 15.7. The highest BCUT2D eigenvalue weighted by Gasteiger charge is 2.07. The van der Waals surface area contributed by atoms with Crippen LogP contribution in [0.15, 0.2) is 78.1 Å². The quantitative estimate of drug-likeness (QED) is 0.537. The van der Waals surface area contributed by atoms with Gasteiger partial charge in [-0.3, -0.25) is 14.3 Å². The molecule has 0 atom stereocenters. The van der Waals surface area contributed by atoms with Gasteiger partial charge in [0.1, 0.15) is 0 Å². The van der Waals surface area contributed by atoms with E-state index in [4.69, 9.17) is 5.11 Å². The summed E-state index contributed by atoms with van der Waals surface area (Å²) in [5.74, 6) is 5.23. The number of rotatable bonds is 4. The van der Waals surface area contributed by atoms with Gasteiger partial charge < -0.3 is 5.11 Å². The minimum Gasteiger partial charge on any atom is -0.478 e. The molecule has 2 heterocycles. The summed E-state index contributed by atoms with van der Waals surface area (Å²) in [5, 5.41) is 9.50. The molecule has 0 fully saturated rings. The summed E-state index contributed by atoms with van der Waals surface area (Å²) in [4.78, 5) is 32.3. The van der Waals surface area contributed by atoms with E-state index in [9.17, 15) is 9.59 Å². The molecule has 4 aromatic rings. The minimum atomic E-state index is -0.983. The molecule has 146 valence electrons. The lowest BCUT2D eigenvalue weighted by Gasteiger charge is -2.07. The van der Waals surface area contributed by atoms with Gasteiger partial charge in [0.05, 0.1) is 29.3 Å². The normalized spacial score (nSPS) is 10.4. The molecular weight excluding hydrogens is 378 g/mol. The van der Waals surface area contributed by atoms with Crippen molar-refractivity contribution in [1.82, 2.24) is 14.5 Å². The van der Waals surface area contributed by atoms with Crippen molar-refractivity contribution in [3.63, 3.8) is 0 Å². The molecule has 30 heavy (non-hydrogen) atoms. The Morgan fingerprint density at radius 2 is 1.77 bits per heavy atom. The van der Waals surface area contributed by atoms with E-state index in [1.165, 1.54) is 23.0 Å². The van der Waals surface area contributed by atoms with Gasteiger partial charge in [0.25, 0.3) is 5.56 Å². The second-order valence-electron chi connectivity index (χ2n) is 6.75. The van der Waals surface area contributed by atoms with Gasteiger partial charge in [-0.2, -0.15) is 0 Å². The molecule has 4 rings (SSSR count). The number of benzene rings is 2. The number of hydrogen-bond donors (Lipinski definition) is 1. The Balaban J connectivity index is 1.60. The summed E-state index contributed by atoms with van der Waals surface area (Å²) in [5.41, 5.74) is 3.29. The molecule has 0 radical (unpaired) electrons. The van der Waals surface area contributed by atoms with Crippen LogP contribution in [0.1, 0.15) is 27.0 Å². The third-order valence-corrected chi connectivity index (χ3v) is 4.65. The van der Waals surface area contributed by atoms with E-state index in [2.05, 4.69) is 21.8 Å². The van der Waals surface area contributed by atoms with Crippen LogP contribution in [-0.2, 0) is 13.0 Å². The zero-order chi connectivity index (χ0) is 20.9. The number of pyridine rings is 1. The average molecular weight is 395 g/mol. The molecule has 0 bridgehead atoms. The van der Waals surface area contributed by atoms with E-state index in [-0.39, 0.29) is 11.1 Å². The number of carboxylic acids is 1. The van der Waals surface area contributed by atoms with Crippen LogP contribution in [0.25, 0.3) is 10.9 Å². The molecule has 0 unspecified atom stereocenters. The first-order valence-electron chi connectivity index (χ1n) is 9.29. The minimum absolute atomic E-state index is 0.167. The van der Waals surface area contributed by atoms with Gasteiger partial charge in [-0.25, -0.2) is 9.78 Å². The Hall–Kier alpha value is -4.24. The maximum absolute atomic E-state index is 12.9. The van der Waals surface area contributed by atoms with Crippen LogP contribution in [0.3, 0.4) is 0 Å². The van der Waals surface area contributed by atoms with Gasteiger partial charge >= 0.3 is 5.97 Å². The summed E-state index contributed by atoms with van der Waals surface area (Å²) >= 11 is 0. The predicted octanol–water partition coefficient (Wildman–Crippen LogP) is 3.13. The maximum atomic E-state index is 12.9. The van der Waals surface area contributed by atoms with Gasteiger partial charge in [-0.15, -0.1) is 0 Å². The highest BCUT2D eigenvalue weighted by Crippen LogP contribution is 2.11. The highest BCUT2D eigenvalue weighted by atomic mass is 16.4. The van der Waals surface area contributed by atoms with Crippen molar-refractivity contribution in [2.45, 2.75) is 13.0 Å². The lowest BCUT2D eigenvalue weighted by atomic mass is 10.1. The van der Waals surface area contributed by atoms with Gasteiger partial charge in [-0.05, 0) is 53.6 Å². The molecule has 0 aliphatic carbocycles. The Kier molecular flexibility index (Phi) is 5.35. The van der Waals surface area contributed by atoms with Crippen molar-refractivity contribution in [3.05, 3.63) is 106 Å². The van der Waals surface area contributed by atoms with Crippen LogP contribution < -0.4 is 5.56 Å². The number of nitrogens with zero attached hydrogens (tertiary/aromatic N) is 3. The van der Waals surface area contributed by atoms with E-state index in [1.54, 1.807) is 36.7 Å². The average Bonchev–Trinajstić information content (AvgIpc) is 2.77. The van der Waals surface area contributed by atoms with Crippen molar-refractivity contribution in [1.29, 1.82) is 0 Å². The molecule has 1 N–H and O–H groups in total. The standard InChI is InChI=1S/C24H17N3O3/c28-23-21-14-18(3-1-2-17-10-12-25-13-11-17)6-9-22(21)26-16-27(23)15-19-4-7-20(8-5-19)24(29)30/h4-14,16H,2,15H2,(H,29,30). The largest absolute Gasteiger partial charge is 0.478 e. The van der Waals surface area contributed by atoms with E-state index >= 15 is 0 Å². The number of carbonyl (C=O) groups is 1. The van der Waals surface area contributed by atoms with Gasteiger partial charge in [0.2, 0.25) is 0 Å². The Labute approximate surface area is 172 Å². The Morgan fingerprint density at radius 1 is 1.00 bits per heavy atom. The molecule has 6 heteroatoms. The smallest absolute Gasteiger partial charge is 0.335 e. The lowest BCUT2D eigenvalue weighted by Crippen LogP contribution is -2.21. The predicted molar refractivity (Wildman–Crippen MR) is 113 cm³/mol. The second kappa shape index (κ2) is 8.41. The van der Waals surface area contributed by atoms with Crippen LogP contribution in [-0.4, -0.2) is 25.6 Å². The number of carboxylic acid groups (broad SMARTS) is 1. The summed E-state index contributed by atoms with van der Waals surface area (Å²) in [7, 11) is 0. The van der Waals surface area contributed by atoms with E-state index in [0.717, 1.165) is 16.7 Å². The monoisotopic (exact) mass is 395 g/mol. The zero-order valence-corrected chi connectivity index (χ0v) is 15.9. The molecule has 2 aromatic heterocycles. The number of fused-ring (bicyclic) bond motifs is 1. The van der Waals surface area contributed by atoms with Crippen LogP contribution >= 0.6 is 0 Å². The molecule has 0 amide bonds. The zero-order valence-electron chi connectivity index (χ0n) is 15.9. The number of hydrogen-bond acceptors (Lipinski definition) is 4. The van der Waals surface area contributed by atoms with E-state index < -0.39 is 5.97 Å². The fourth-order valence-electron chi connectivity index (χ4n) is 3.05. The lowest BCUT2D eigenvalue weighted by molar-refractivity contribution is 0.0697. The molecule has 0 saturated heterocycles. The Morgan fingerprint density at radius 3 is 2.50 bits per heavy atom. The molecule has 6 nitrogen and oxygen atoms in total. The molecule has 0 spiro atoms.